The predicted molar refractivity (Wildman–Crippen MR) is 110 cm³/mol. The summed E-state index contributed by atoms with van der Waals surface area (Å²) >= 11 is 0. The zero-order valence-corrected chi connectivity index (χ0v) is 16.0. The van der Waals surface area contributed by atoms with E-state index in [1.807, 2.05) is 6.07 Å². The number of carbonyl (C=O) groups is 2. The maximum atomic E-state index is 12.1. The molecule has 1 saturated carbocycles. The third kappa shape index (κ3) is 6.09. The van der Waals surface area contributed by atoms with E-state index in [0.29, 0.717) is 18.2 Å². The van der Waals surface area contributed by atoms with Crippen LogP contribution in [0, 0.1) is 0 Å². The third-order valence-corrected chi connectivity index (χ3v) is 5.19. The Morgan fingerprint density at radius 2 is 1.43 bits per heavy atom. The van der Waals surface area contributed by atoms with Gasteiger partial charge in [0.15, 0.2) is 0 Å². The van der Waals surface area contributed by atoms with Crippen LogP contribution in [0.15, 0.2) is 54.6 Å². The van der Waals surface area contributed by atoms with Gasteiger partial charge in [-0.1, -0.05) is 42.5 Å². The van der Waals surface area contributed by atoms with Crippen molar-refractivity contribution >= 4 is 11.9 Å². The maximum Gasteiger partial charge on any atom is 0.315 e. The number of hydrogen-bond acceptors (Lipinski definition) is 3. The minimum Gasteiger partial charge on any atom is -0.366 e. The monoisotopic (exact) mass is 380 g/mol. The first kappa shape index (κ1) is 19.9. The van der Waals surface area contributed by atoms with Crippen molar-refractivity contribution in [2.24, 2.45) is 5.73 Å². The minimum atomic E-state index is -0.453. The smallest absolute Gasteiger partial charge is 0.315 e. The van der Waals surface area contributed by atoms with Gasteiger partial charge in [0, 0.05) is 30.7 Å². The SMILES string of the molecule is NC(=O)c1ccc(CNC(=O)NC2CCC(NCc3ccccc3)CC2)cc1. The van der Waals surface area contributed by atoms with Crippen LogP contribution in [-0.4, -0.2) is 24.0 Å². The number of nitrogens with one attached hydrogen (secondary N) is 3. The van der Waals surface area contributed by atoms with Crippen LogP contribution >= 0.6 is 0 Å². The van der Waals surface area contributed by atoms with Crippen molar-refractivity contribution in [1.82, 2.24) is 16.0 Å². The summed E-state index contributed by atoms with van der Waals surface area (Å²) in [4.78, 5) is 23.2. The van der Waals surface area contributed by atoms with Gasteiger partial charge in [-0.15, -0.1) is 0 Å². The van der Waals surface area contributed by atoms with Gasteiger partial charge in [-0.2, -0.15) is 0 Å². The molecule has 0 saturated heterocycles. The molecule has 1 aliphatic carbocycles. The molecule has 0 heterocycles. The second kappa shape index (κ2) is 9.90. The van der Waals surface area contributed by atoms with E-state index in [1.54, 1.807) is 24.3 Å². The Morgan fingerprint density at radius 3 is 2.07 bits per heavy atom. The molecule has 2 aromatic carbocycles. The molecule has 0 aliphatic heterocycles. The molecule has 0 spiro atoms. The lowest BCUT2D eigenvalue weighted by Gasteiger charge is -2.29. The number of nitrogens with two attached hydrogens (primary N) is 1. The van der Waals surface area contributed by atoms with Crippen molar-refractivity contribution in [3.8, 4) is 0 Å². The minimum absolute atomic E-state index is 0.153. The van der Waals surface area contributed by atoms with E-state index < -0.39 is 5.91 Å². The predicted octanol–water partition coefficient (Wildman–Crippen LogP) is 2.69. The molecule has 6 nitrogen and oxygen atoms in total. The highest BCUT2D eigenvalue weighted by Gasteiger charge is 2.22. The summed E-state index contributed by atoms with van der Waals surface area (Å²) < 4.78 is 0. The van der Waals surface area contributed by atoms with E-state index >= 15 is 0 Å². The summed E-state index contributed by atoms with van der Waals surface area (Å²) in [6, 6.07) is 17.9. The van der Waals surface area contributed by atoms with Gasteiger partial charge in [-0.25, -0.2) is 4.79 Å². The van der Waals surface area contributed by atoms with Crippen LogP contribution in [0.1, 0.15) is 47.2 Å². The summed E-state index contributed by atoms with van der Waals surface area (Å²) in [5.41, 5.74) is 7.91. The molecule has 0 radical (unpaired) electrons. The van der Waals surface area contributed by atoms with E-state index in [2.05, 4.69) is 40.2 Å². The molecule has 3 amide bonds. The average molecular weight is 380 g/mol. The van der Waals surface area contributed by atoms with Crippen molar-refractivity contribution in [2.45, 2.75) is 50.9 Å². The molecule has 0 aromatic heterocycles. The van der Waals surface area contributed by atoms with Crippen LogP contribution in [-0.2, 0) is 13.1 Å². The van der Waals surface area contributed by atoms with Crippen molar-refractivity contribution < 1.29 is 9.59 Å². The van der Waals surface area contributed by atoms with E-state index in [9.17, 15) is 9.59 Å². The first-order valence-corrected chi connectivity index (χ1v) is 9.80. The molecule has 3 rings (SSSR count). The van der Waals surface area contributed by atoms with Gasteiger partial charge in [0.2, 0.25) is 5.91 Å². The standard InChI is InChI=1S/C22H28N4O2/c23-21(27)18-8-6-17(7-9-18)15-25-22(28)26-20-12-10-19(11-13-20)24-14-16-4-2-1-3-5-16/h1-9,19-20,24H,10-15H2,(H2,23,27)(H2,25,26,28). The van der Waals surface area contributed by atoms with Gasteiger partial charge in [0.25, 0.3) is 0 Å². The van der Waals surface area contributed by atoms with Crippen LogP contribution < -0.4 is 21.7 Å². The quantitative estimate of drug-likeness (QED) is 0.595. The first-order chi connectivity index (χ1) is 13.6. The number of carbonyl (C=O) groups excluding carboxylic acids is 2. The fourth-order valence-electron chi connectivity index (χ4n) is 3.51. The average Bonchev–Trinajstić information content (AvgIpc) is 2.73. The molecule has 1 fully saturated rings. The first-order valence-electron chi connectivity index (χ1n) is 9.80. The summed E-state index contributed by atoms with van der Waals surface area (Å²) in [6.07, 6.45) is 4.08. The molecule has 6 heteroatoms. The van der Waals surface area contributed by atoms with Crippen molar-refractivity contribution in [2.75, 3.05) is 0 Å². The third-order valence-electron chi connectivity index (χ3n) is 5.19. The number of primary amides is 1. The number of benzene rings is 2. The molecular weight excluding hydrogens is 352 g/mol. The summed E-state index contributed by atoms with van der Waals surface area (Å²) in [5, 5.41) is 9.54. The van der Waals surface area contributed by atoms with Crippen LogP contribution in [0.2, 0.25) is 0 Å². The van der Waals surface area contributed by atoms with Crippen LogP contribution in [0.4, 0.5) is 4.79 Å². The molecule has 28 heavy (non-hydrogen) atoms. The highest BCUT2D eigenvalue weighted by atomic mass is 16.2. The molecule has 5 N–H and O–H groups in total. The Labute approximate surface area is 165 Å². The van der Waals surface area contributed by atoms with E-state index in [1.165, 1.54) is 5.56 Å². The lowest BCUT2D eigenvalue weighted by Crippen LogP contribution is -2.45. The second-order valence-corrected chi connectivity index (χ2v) is 7.30. The number of hydrogen-bond donors (Lipinski definition) is 4. The lowest BCUT2D eigenvalue weighted by molar-refractivity contribution is 0.1000. The Kier molecular flexibility index (Phi) is 7.03. The molecule has 0 bridgehead atoms. The van der Waals surface area contributed by atoms with E-state index in [0.717, 1.165) is 37.8 Å². The van der Waals surface area contributed by atoms with Crippen LogP contribution in [0.25, 0.3) is 0 Å². The van der Waals surface area contributed by atoms with Gasteiger partial charge < -0.3 is 21.7 Å². The fourth-order valence-corrected chi connectivity index (χ4v) is 3.51. The molecule has 0 unspecified atom stereocenters. The maximum absolute atomic E-state index is 12.1. The highest BCUT2D eigenvalue weighted by molar-refractivity contribution is 5.92. The second-order valence-electron chi connectivity index (χ2n) is 7.30. The molecule has 0 atom stereocenters. The van der Waals surface area contributed by atoms with E-state index in [4.69, 9.17) is 5.73 Å². The Hall–Kier alpha value is -2.86. The molecule has 2 aromatic rings. The summed E-state index contributed by atoms with van der Waals surface area (Å²) in [6.45, 7) is 1.30. The normalized spacial score (nSPS) is 19.0. The van der Waals surface area contributed by atoms with Crippen molar-refractivity contribution in [1.29, 1.82) is 0 Å². The highest BCUT2D eigenvalue weighted by Crippen LogP contribution is 2.19. The van der Waals surface area contributed by atoms with Crippen molar-refractivity contribution in [3.05, 3.63) is 71.3 Å². The van der Waals surface area contributed by atoms with Gasteiger partial charge >= 0.3 is 6.03 Å². The van der Waals surface area contributed by atoms with Crippen molar-refractivity contribution in [3.63, 3.8) is 0 Å². The molecule has 1 aliphatic rings. The van der Waals surface area contributed by atoms with Gasteiger partial charge in [-0.05, 0) is 48.9 Å². The van der Waals surface area contributed by atoms with Gasteiger partial charge in [0.1, 0.15) is 0 Å². The Bertz CT molecular complexity index is 769. The summed E-state index contributed by atoms with van der Waals surface area (Å²) in [7, 11) is 0. The summed E-state index contributed by atoms with van der Waals surface area (Å²) in [5.74, 6) is -0.453. The van der Waals surface area contributed by atoms with Crippen LogP contribution in [0.5, 0.6) is 0 Å². The Morgan fingerprint density at radius 1 is 0.821 bits per heavy atom. The number of amides is 3. The largest absolute Gasteiger partial charge is 0.366 e. The molecular formula is C22H28N4O2. The van der Waals surface area contributed by atoms with Gasteiger partial charge in [-0.3, -0.25) is 4.79 Å². The zero-order valence-electron chi connectivity index (χ0n) is 16.0. The topological polar surface area (TPSA) is 96.2 Å². The van der Waals surface area contributed by atoms with Gasteiger partial charge in [0.05, 0.1) is 0 Å². The van der Waals surface area contributed by atoms with Crippen LogP contribution in [0.3, 0.4) is 0 Å². The zero-order chi connectivity index (χ0) is 19.8. The number of urea groups is 1. The number of rotatable bonds is 7. The Balaban J connectivity index is 1.33. The molecule has 148 valence electrons. The fraction of sp³-hybridized carbons (Fsp3) is 0.364. The van der Waals surface area contributed by atoms with E-state index in [-0.39, 0.29) is 12.1 Å². The lowest BCUT2D eigenvalue weighted by atomic mass is 9.91.